The molecule has 0 saturated heterocycles. The van der Waals surface area contributed by atoms with Crippen LogP contribution in [0.5, 0.6) is 0 Å². The topological polar surface area (TPSA) is 19.6 Å². The van der Waals surface area contributed by atoms with Crippen LogP contribution in [0.25, 0.3) is 44.2 Å². The van der Waals surface area contributed by atoms with E-state index >= 15 is 0 Å². The summed E-state index contributed by atoms with van der Waals surface area (Å²) in [6.45, 7) is 19.0. The van der Waals surface area contributed by atoms with Crippen LogP contribution in [-0.2, 0) is 21.7 Å². The molecule has 1 spiro atoms. The van der Waals surface area contributed by atoms with Gasteiger partial charge in [0.2, 0.25) is 0 Å². The zero-order valence-electron chi connectivity index (χ0n) is 63.8. The van der Waals surface area contributed by atoms with Gasteiger partial charge in [0.25, 0.3) is 0 Å². The summed E-state index contributed by atoms with van der Waals surface area (Å²) in [7, 11) is -5.56. The lowest BCUT2D eigenvalue weighted by Crippen LogP contribution is -2.74. The Labute approximate surface area is 645 Å². The lowest BCUT2D eigenvalue weighted by Gasteiger charge is -2.44. The maximum absolute atomic E-state index is 7.42. The van der Waals surface area contributed by atoms with Gasteiger partial charge in [-0.25, -0.2) is 0 Å². The Morgan fingerprint density at radius 1 is 0.321 bits per heavy atom. The minimum absolute atomic E-state index is 0.0447. The summed E-state index contributed by atoms with van der Waals surface area (Å²) in [6.07, 6.45) is 5.25. The first kappa shape index (κ1) is 67.3. The van der Waals surface area contributed by atoms with Crippen molar-refractivity contribution in [1.82, 2.24) is 0 Å². The lowest BCUT2D eigenvalue weighted by atomic mass is 9.58. The summed E-state index contributed by atoms with van der Waals surface area (Å²) in [5, 5.41) is 13.4. The highest BCUT2D eigenvalue weighted by atomic mass is 28.3. The molecule has 1 heterocycles. The second kappa shape index (κ2) is 25.2. The standard InChI is InChI=1S/C104H92N2OSi2/c1-101(2,3)71-29-27-31-76(63-71)105(74-45-51-86(52-46-74)108(80-33-15-9-16-34-80,81-35-17-10-18-36-81)82-37-19-11-20-38-82)78-49-55-88-91-67-92-89-57-58-97-99(100(89)104(73-60-69-59-70(62-73)93(104)61-69)96(92)68-95(91)103(7,8)94(88)65-78)90-56-50-79(66-98(90)107-97)106(77-32-28-30-72(64-77)102(4,5)6)75-47-53-87(54-48-75)109(83-39-21-12-22-40-83,84-41-23-13-24-42-84)85-43-25-14-26-44-85/h9-58,63-70,73,93H,59-62H2,1-8H3. The fraction of sp³-hybridized carbons (Fsp3) is 0.192. The quantitative estimate of drug-likeness (QED) is 0.0799. The van der Waals surface area contributed by atoms with Crippen LogP contribution in [0.3, 0.4) is 0 Å². The van der Waals surface area contributed by atoms with Crippen molar-refractivity contribution in [2.75, 3.05) is 9.80 Å². The van der Waals surface area contributed by atoms with Crippen molar-refractivity contribution in [3.63, 3.8) is 0 Å². The SMILES string of the molecule is CC(C)(C)c1cccc(N(c2ccc([Si](c3ccccc3)(c3ccccc3)c3ccccc3)cc2)c2ccc3c(c2)C(C)(C)c2cc4c(cc2-3)-c2ccc3oc5cc(N(c6ccc([Si](c7ccccc7)(c7ccccc7)c7ccccc7)cc6)c6cccc(C(C)(C)C)c6)ccc5c3c2C42C3CC4CC(C3)C2C4)c1. The van der Waals surface area contributed by atoms with E-state index in [9.17, 15) is 0 Å². The first-order valence-electron chi connectivity index (χ1n) is 39.7. The zero-order chi connectivity index (χ0) is 73.8. The predicted octanol–water partition coefficient (Wildman–Crippen LogP) is 21.5. The molecule has 5 heteroatoms. The Morgan fingerprint density at radius 3 is 1.18 bits per heavy atom. The molecule has 6 aliphatic carbocycles. The first-order valence-corrected chi connectivity index (χ1v) is 43.7. The maximum atomic E-state index is 7.42. The second-order valence-corrected chi connectivity index (χ2v) is 42.4. The monoisotopic (exact) mass is 1440 g/mol. The molecule has 5 unspecified atom stereocenters. The largest absolute Gasteiger partial charge is 0.456 e. The van der Waals surface area contributed by atoms with Crippen LogP contribution in [0.2, 0.25) is 0 Å². The van der Waals surface area contributed by atoms with Gasteiger partial charge in [-0.2, -0.15) is 0 Å². The normalized spacial score (nSPS) is 18.6. The molecule has 4 saturated carbocycles. The molecule has 532 valence electrons. The van der Waals surface area contributed by atoms with Crippen LogP contribution >= 0.6 is 0 Å². The number of nitrogens with zero attached hydrogens (tertiary/aromatic N) is 2. The summed E-state index contributed by atoms with van der Waals surface area (Å²) >= 11 is 0. The van der Waals surface area contributed by atoms with Crippen molar-refractivity contribution in [3.05, 3.63) is 373 Å². The van der Waals surface area contributed by atoms with Gasteiger partial charge in [0, 0.05) is 61.8 Å². The molecule has 4 bridgehead atoms. The van der Waals surface area contributed by atoms with Crippen LogP contribution in [0, 0.1) is 23.7 Å². The van der Waals surface area contributed by atoms with Gasteiger partial charge in [-0.05, 0) is 242 Å². The molecule has 4 fully saturated rings. The summed E-state index contributed by atoms with van der Waals surface area (Å²) < 4.78 is 7.42. The Hall–Kier alpha value is -11.1. The van der Waals surface area contributed by atoms with E-state index in [0.29, 0.717) is 11.8 Å². The van der Waals surface area contributed by atoms with Gasteiger partial charge in [0.05, 0.1) is 0 Å². The number of furan rings is 1. The third kappa shape index (κ3) is 10.2. The molecule has 0 radical (unpaired) electrons. The van der Waals surface area contributed by atoms with Crippen molar-refractivity contribution in [1.29, 1.82) is 0 Å². The lowest BCUT2D eigenvalue weighted by molar-refractivity contribution is 0.192. The van der Waals surface area contributed by atoms with Crippen molar-refractivity contribution in [2.24, 2.45) is 23.7 Å². The third-order valence-electron chi connectivity index (χ3n) is 26.6. The van der Waals surface area contributed by atoms with Crippen LogP contribution < -0.4 is 51.3 Å². The summed E-state index contributed by atoms with van der Waals surface area (Å²) in [5.74, 6) is 2.66. The fourth-order valence-corrected chi connectivity index (χ4v) is 31.3. The highest BCUT2D eigenvalue weighted by molar-refractivity contribution is 7.20. The molecule has 1 aromatic heterocycles. The molecule has 14 aromatic carbocycles. The van der Waals surface area contributed by atoms with Crippen LogP contribution in [0.15, 0.2) is 344 Å². The molecular formula is C104H92N2OSi2. The van der Waals surface area contributed by atoms with E-state index in [4.69, 9.17) is 4.42 Å². The van der Waals surface area contributed by atoms with E-state index in [-0.39, 0.29) is 21.7 Å². The fourth-order valence-electron chi connectivity index (χ4n) is 21.8. The molecule has 0 amide bonds. The highest BCUT2D eigenvalue weighted by Gasteiger charge is 2.67. The number of benzene rings is 14. The number of hydrogen-bond donors (Lipinski definition) is 0. The number of hydrogen-bond acceptors (Lipinski definition) is 3. The Morgan fingerprint density at radius 2 is 0.725 bits per heavy atom. The van der Waals surface area contributed by atoms with Gasteiger partial charge in [0.1, 0.15) is 11.2 Å². The van der Waals surface area contributed by atoms with E-state index in [1.165, 1.54) is 128 Å². The zero-order valence-corrected chi connectivity index (χ0v) is 65.8. The van der Waals surface area contributed by atoms with Gasteiger partial charge in [-0.1, -0.05) is 304 Å². The third-order valence-corrected chi connectivity index (χ3v) is 36.2. The molecule has 3 nitrogen and oxygen atoms in total. The van der Waals surface area contributed by atoms with E-state index in [2.05, 4.69) is 405 Å². The molecule has 0 N–H and O–H groups in total. The first-order chi connectivity index (χ1) is 53.0. The van der Waals surface area contributed by atoms with E-state index in [0.717, 1.165) is 51.4 Å². The second-order valence-electron chi connectivity index (χ2n) is 34.7. The van der Waals surface area contributed by atoms with Crippen molar-refractivity contribution >= 4 is 114 Å². The minimum Gasteiger partial charge on any atom is -0.456 e. The van der Waals surface area contributed by atoms with Crippen molar-refractivity contribution < 1.29 is 4.42 Å². The van der Waals surface area contributed by atoms with Crippen LogP contribution in [-0.4, -0.2) is 16.1 Å². The van der Waals surface area contributed by atoms with Gasteiger partial charge >= 0.3 is 0 Å². The Bertz CT molecular complexity index is 5800. The Balaban J connectivity index is 0.718. The number of fused-ring (bicyclic) bond motifs is 10. The molecular weight excluding hydrogens is 1350 g/mol. The van der Waals surface area contributed by atoms with E-state index in [1.54, 1.807) is 11.1 Å². The smallest absolute Gasteiger partial charge is 0.179 e. The summed E-state index contributed by atoms with van der Waals surface area (Å²) in [5.41, 5.74) is 22.3. The van der Waals surface area contributed by atoms with Gasteiger partial charge < -0.3 is 14.2 Å². The summed E-state index contributed by atoms with van der Waals surface area (Å²) in [6, 6.07) is 130. The van der Waals surface area contributed by atoms with E-state index in [1.807, 2.05) is 0 Å². The van der Waals surface area contributed by atoms with Gasteiger partial charge in [-0.3, -0.25) is 0 Å². The minimum atomic E-state index is -2.79. The summed E-state index contributed by atoms with van der Waals surface area (Å²) in [4.78, 5) is 5.00. The molecule has 0 aliphatic heterocycles. The molecule has 21 rings (SSSR count). The average molecular weight is 1440 g/mol. The molecule has 15 aromatic rings. The Kier molecular flexibility index (Phi) is 15.6. The molecule has 6 aliphatic rings. The van der Waals surface area contributed by atoms with Crippen LogP contribution in [0.4, 0.5) is 34.1 Å². The average Bonchev–Trinajstić information content (AvgIpc) is 1.48. The van der Waals surface area contributed by atoms with Crippen molar-refractivity contribution in [2.45, 2.75) is 103 Å². The highest BCUT2D eigenvalue weighted by Crippen LogP contribution is 2.75. The predicted molar refractivity (Wildman–Crippen MR) is 464 cm³/mol. The van der Waals surface area contributed by atoms with Gasteiger partial charge in [0.15, 0.2) is 16.1 Å². The molecule has 5 atom stereocenters. The van der Waals surface area contributed by atoms with Crippen LogP contribution in [0.1, 0.15) is 114 Å². The van der Waals surface area contributed by atoms with E-state index < -0.39 is 16.1 Å². The number of anilines is 6. The van der Waals surface area contributed by atoms with Gasteiger partial charge in [-0.15, -0.1) is 0 Å². The number of rotatable bonds is 14. The van der Waals surface area contributed by atoms with Crippen molar-refractivity contribution in [3.8, 4) is 22.3 Å². The maximum Gasteiger partial charge on any atom is 0.179 e. The molecule has 109 heavy (non-hydrogen) atoms.